The average molecular weight is 408 g/mol. The fraction of sp³-hybridized carbons (Fsp3) is 0.550. The van der Waals surface area contributed by atoms with Gasteiger partial charge in [0.2, 0.25) is 0 Å². The zero-order valence-electron chi connectivity index (χ0n) is 16.7. The van der Waals surface area contributed by atoms with E-state index in [-0.39, 0.29) is 12.0 Å². The molecule has 3 rings (SSSR count). The van der Waals surface area contributed by atoms with Crippen molar-refractivity contribution in [1.29, 1.82) is 0 Å². The van der Waals surface area contributed by atoms with Gasteiger partial charge >= 0.3 is 6.09 Å². The minimum Gasteiger partial charge on any atom is -0.493 e. The Morgan fingerprint density at radius 2 is 2.07 bits per heavy atom. The second-order valence-electron chi connectivity index (χ2n) is 7.93. The number of nitrogens with zero attached hydrogens (tertiary/aromatic N) is 3. The Balaban J connectivity index is 1.67. The second-order valence-corrected chi connectivity index (χ2v) is 8.29. The first-order valence-electron chi connectivity index (χ1n) is 9.36. The number of carbonyl (C=O) groups excluding carboxylic acids is 1. The van der Waals surface area contributed by atoms with Gasteiger partial charge in [0.1, 0.15) is 17.1 Å². The number of hydrogen-bond acceptors (Lipinski definition) is 6. The molecule has 1 fully saturated rings. The molecule has 2 aromatic rings. The minimum atomic E-state index is -0.498. The van der Waals surface area contributed by atoms with E-state index in [9.17, 15) is 4.79 Å². The number of likely N-dealkylation sites (tertiary alicyclic amines) is 1. The SMILES string of the molecule is COc1cc2c(Cl)ncnc2cc1OC[C@@H]1CCCN(C(=O)OC(C)(C)C)C1. The van der Waals surface area contributed by atoms with Crippen LogP contribution in [0.25, 0.3) is 10.9 Å². The Kier molecular flexibility index (Phi) is 6.13. The molecule has 0 radical (unpaired) electrons. The summed E-state index contributed by atoms with van der Waals surface area (Å²) < 4.78 is 17.0. The van der Waals surface area contributed by atoms with Crippen molar-refractivity contribution in [2.24, 2.45) is 5.92 Å². The second kappa shape index (κ2) is 8.39. The highest BCUT2D eigenvalue weighted by molar-refractivity contribution is 6.34. The highest BCUT2D eigenvalue weighted by Crippen LogP contribution is 2.34. The standard InChI is InChI=1S/C20H26ClN3O4/c1-20(2,3)28-19(25)24-7-5-6-13(10-24)11-27-17-9-15-14(8-16(17)26-4)18(21)23-12-22-15/h8-9,12-13H,5-7,10-11H2,1-4H3/t13-/m1/s1. The number of aromatic nitrogens is 2. The lowest BCUT2D eigenvalue weighted by Gasteiger charge is -2.34. The number of amides is 1. The van der Waals surface area contributed by atoms with E-state index in [2.05, 4.69) is 9.97 Å². The van der Waals surface area contributed by atoms with Crippen LogP contribution in [0, 0.1) is 5.92 Å². The number of hydrogen-bond donors (Lipinski definition) is 0. The molecule has 1 aromatic carbocycles. The molecule has 7 nitrogen and oxygen atoms in total. The molecule has 152 valence electrons. The van der Waals surface area contributed by atoms with Crippen molar-refractivity contribution in [2.75, 3.05) is 26.8 Å². The Labute approximate surface area is 169 Å². The van der Waals surface area contributed by atoms with Crippen LogP contribution in [0.3, 0.4) is 0 Å². The molecule has 0 N–H and O–H groups in total. The molecule has 0 saturated carbocycles. The lowest BCUT2D eigenvalue weighted by molar-refractivity contribution is 0.0138. The Morgan fingerprint density at radius 3 is 2.79 bits per heavy atom. The Hall–Kier alpha value is -2.28. The minimum absolute atomic E-state index is 0.218. The first kappa shape index (κ1) is 20.5. The van der Waals surface area contributed by atoms with Gasteiger partial charge in [-0.3, -0.25) is 0 Å². The molecule has 8 heteroatoms. The van der Waals surface area contributed by atoms with Crippen molar-refractivity contribution >= 4 is 28.6 Å². The summed E-state index contributed by atoms with van der Waals surface area (Å²) in [5.74, 6) is 1.39. The third-order valence-corrected chi connectivity index (χ3v) is 4.82. The number of ether oxygens (including phenoxy) is 3. The van der Waals surface area contributed by atoms with E-state index < -0.39 is 5.60 Å². The van der Waals surface area contributed by atoms with E-state index in [0.29, 0.717) is 47.3 Å². The van der Waals surface area contributed by atoms with E-state index >= 15 is 0 Å². The molecule has 2 heterocycles. The molecule has 1 aromatic heterocycles. The molecule has 1 aliphatic rings. The van der Waals surface area contributed by atoms with Crippen LogP contribution >= 0.6 is 11.6 Å². The smallest absolute Gasteiger partial charge is 0.410 e. The maximum Gasteiger partial charge on any atom is 0.410 e. The summed E-state index contributed by atoms with van der Waals surface area (Å²) >= 11 is 6.13. The number of halogens is 1. The van der Waals surface area contributed by atoms with Crippen molar-refractivity contribution in [1.82, 2.24) is 14.9 Å². The summed E-state index contributed by atoms with van der Waals surface area (Å²) in [4.78, 5) is 22.3. The Bertz CT molecular complexity index is 853. The van der Waals surface area contributed by atoms with Gasteiger partial charge in [-0.2, -0.15) is 0 Å². The molecule has 0 unspecified atom stereocenters. The van der Waals surface area contributed by atoms with Gasteiger partial charge in [0.05, 0.1) is 19.2 Å². The quantitative estimate of drug-likeness (QED) is 0.703. The zero-order valence-corrected chi connectivity index (χ0v) is 17.5. The summed E-state index contributed by atoms with van der Waals surface area (Å²) in [5.41, 5.74) is 0.192. The van der Waals surface area contributed by atoms with Gasteiger partial charge < -0.3 is 19.1 Å². The monoisotopic (exact) mass is 407 g/mol. The van der Waals surface area contributed by atoms with Crippen molar-refractivity contribution in [3.05, 3.63) is 23.6 Å². The molecule has 0 bridgehead atoms. The van der Waals surface area contributed by atoms with Crippen LogP contribution in [0.1, 0.15) is 33.6 Å². The highest BCUT2D eigenvalue weighted by Gasteiger charge is 2.28. The molecule has 1 saturated heterocycles. The van der Waals surface area contributed by atoms with Crippen LogP contribution in [-0.2, 0) is 4.74 Å². The summed E-state index contributed by atoms with van der Waals surface area (Å²) in [6.45, 7) is 7.41. The van der Waals surface area contributed by atoms with Gasteiger partial charge in [0.15, 0.2) is 11.5 Å². The van der Waals surface area contributed by atoms with Gasteiger partial charge in [0, 0.05) is 30.5 Å². The molecule has 1 aliphatic heterocycles. The normalized spacial score (nSPS) is 17.5. The highest BCUT2D eigenvalue weighted by atomic mass is 35.5. The van der Waals surface area contributed by atoms with Crippen LogP contribution in [0.5, 0.6) is 11.5 Å². The molecular formula is C20H26ClN3O4. The van der Waals surface area contributed by atoms with Crippen LogP contribution in [0.15, 0.2) is 18.5 Å². The predicted molar refractivity (Wildman–Crippen MR) is 107 cm³/mol. The van der Waals surface area contributed by atoms with Crippen LogP contribution in [0.2, 0.25) is 5.15 Å². The summed E-state index contributed by atoms with van der Waals surface area (Å²) in [7, 11) is 1.58. The fourth-order valence-corrected chi connectivity index (χ4v) is 3.40. The summed E-state index contributed by atoms with van der Waals surface area (Å²) in [5, 5.41) is 1.08. The number of carbonyl (C=O) groups is 1. The van der Waals surface area contributed by atoms with Crippen LogP contribution in [-0.4, -0.2) is 53.4 Å². The number of fused-ring (bicyclic) bond motifs is 1. The number of piperidine rings is 1. The third-order valence-electron chi connectivity index (χ3n) is 4.52. The average Bonchev–Trinajstić information content (AvgIpc) is 2.65. The van der Waals surface area contributed by atoms with Crippen molar-refractivity contribution in [2.45, 2.75) is 39.2 Å². The van der Waals surface area contributed by atoms with Gasteiger partial charge in [-0.25, -0.2) is 14.8 Å². The van der Waals surface area contributed by atoms with Gasteiger partial charge in [-0.05, 0) is 39.7 Å². The topological polar surface area (TPSA) is 73.8 Å². The van der Waals surface area contributed by atoms with Crippen molar-refractivity contribution in [3.8, 4) is 11.5 Å². The van der Waals surface area contributed by atoms with E-state index in [1.165, 1.54) is 6.33 Å². The summed E-state index contributed by atoms with van der Waals surface area (Å²) in [6, 6.07) is 3.58. The molecule has 28 heavy (non-hydrogen) atoms. The van der Waals surface area contributed by atoms with Gasteiger partial charge in [0.25, 0.3) is 0 Å². The Morgan fingerprint density at radius 1 is 1.29 bits per heavy atom. The van der Waals surface area contributed by atoms with E-state index in [1.54, 1.807) is 24.1 Å². The first-order valence-corrected chi connectivity index (χ1v) is 9.73. The van der Waals surface area contributed by atoms with Gasteiger partial charge in [-0.15, -0.1) is 0 Å². The largest absolute Gasteiger partial charge is 0.493 e. The number of benzene rings is 1. The number of methoxy groups -OCH3 is 1. The third kappa shape index (κ3) is 4.95. The van der Waals surface area contributed by atoms with Crippen molar-refractivity contribution in [3.63, 3.8) is 0 Å². The fourth-order valence-electron chi connectivity index (χ4n) is 3.21. The van der Waals surface area contributed by atoms with Gasteiger partial charge in [-0.1, -0.05) is 11.6 Å². The number of rotatable bonds is 4. The van der Waals surface area contributed by atoms with E-state index in [4.69, 9.17) is 25.8 Å². The zero-order chi connectivity index (χ0) is 20.3. The molecule has 0 aliphatic carbocycles. The maximum atomic E-state index is 12.3. The lowest BCUT2D eigenvalue weighted by Crippen LogP contribution is -2.44. The van der Waals surface area contributed by atoms with E-state index in [1.807, 2.05) is 20.8 Å². The maximum absolute atomic E-state index is 12.3. The molecular weight excluding hydrogens is 382 g/mol. The summed E-state index contributed by atoms with van der Waals surface area (Å²) in [6.07, 6.45) is 3.06. The predicted octanol–water partition coefficient (Wildman–Crippen LogP) is 4.32. The van der Waals surface area contributed by atoms with Crippen LogP contribution < -0.4 is 9.47 Å². The first-order chi connectivity index (χ1) is 13.3. The molecule has 0 spiro atoms. The van der Waals surface area contributed by atoms with Crippen LogP contribution in [0.4, 0.5) is 4.79 Å². The van der Waals surface area contributed by atoms with E-state index in [0.717, 1.165) is 12.8 Å². The van der Waals surface area contributed by atoms with Crippen molar-refractivity contribution < 1.29 is 19.0 Å². The molecule has 1 amide bonds. The lowest BCUT2D eigenvalue weighted by atomic mass is 9.99. The molecule has 1 atom stereocenters.